The van der Waals surface area contributed by atoms with Crippen LogP contribution in [0.15, 0.2) is 24.3 Å². The monoisotopic (exact) mass is 255 g/mol. The smallest absolute Gasteiger partial charge is 0.123 e. The van der Waals surface area contributed by atoms with Crippen molar-refractivity contribution in [1.29, 1.82) is 0 Å². The molecule has 0 saturated heterocycles. The normalized spacial score (nSPS) is 24.4. The topological polar surface area (TPSA) is 61.7 Å². The van der Waals surface area contributed by atoms with Crippen LogP contribution in [0.2, 0.25) is 0 Å². The van der Waals surface area contributed by atoms with Gasteiger partial charge in [-0.3, -0.25) is 0 Å². The van der Waals surface area contributed by atoms with E-state index >= 15 is 0 Å². The SMILES string of the molecule is OC(CNC1CC(O)C1)COc1ccc(F)cc1. The van der Waals surface area contributed by atoms with Gasteiger partial charge in [-0.15, -0.1) is 0 Å². The quantitative estimate of drug-likeness (QED) is 0.699. The first-order chi connectivity index (χ1) is 8.63. The molecule has 5 heteroatoms. The summed E-state index contributed by atoms with van der Waals surface area (Å²) in [4.78, 5) is 0. The van der Waals surface area contributed by atoms with Crippen LogP contribution in [-0.4, -0.2) is 41.6 Å². The van der Waals surface area contributed by atoms with Crippen LogP contribution in [0.3, 0.4) is 0 Å². The number of halogens is 1. The average molecular weight is 255 g/mol. The van der Waals surface area contributed by atoms with Gasteiger partial charge in [-0.25, -0.2) is 4.39 Å². The minimum atomic E-state index is -0.618. The van der Waals surface area contributed by atoms with Crippen molar-refractivity contribution in [2.24, 2.45) is 0 Å². The molecule has 1 aromatic rings. The fourth-order valence-corrected chi connectivity index (χ4v) is 1.84. The third-order valence-electron chi connectivity index (χ3n) is 3.01. The number of benzene rings is 1. The molecule has 1 aliphatic rings. The average Bonchev–Trinajstić information content (AvgIpc) is 2.32. The van der Waals surface area contributed by atoms with E-state index in [1.165, 1.54) is 24.3 Å². The second kappa shape index (κ2) is 6.13. The third kappa shape index (κ3) is 3.94. The van der Waals surface area contributed by atoms with E-state index in [0.717, 1.165) is 12.8 Å². The molecule has 0 bridgehead atoms. The lowest BCUT2D eigenvalue weighted by atomic mass is 9.89. The summed E-state index contributed by atoms with van der Waals surface area (Å²) in [5, 5.41) is 21.9. The van der Waals surface area contributed by atoms with Gasteiger partial charge in [0, 0.05) is 12.6 Å². The van der Waals surface area contributed by atoms with Crippen LogP contribution in [-0.2, 0) is 0 Å². The summed E-state index contributed by atoms with van der Waals surface area (Å²) in [6, 6.07) is 5.97. The molecule has 0 amide bonds. The molecule has 0 spiro atoms. The van der Waals surface area contributed by atoms with Gasteiger partial charge in [0.25, 0.3) is 0 Å². The van der Waals surface area contributed by atoms with Crippen molar-refractivity contribution in [2.45, 2.75) is 31.1 Å². The maximum absolute atomic E-state index is 12.6. The van der Waals surface area contributed by atoms with Gasteiger partial charge in [0.05, 0.1) is 6.10 Å². The Balaban J connectivity index is 1.62. The molecule has 2 rings (SSSR count). The Morgan fingerprint density at radius 2 is 2.00 bits per heavy atom. The van der Waals surface area contributed by atoms with Gasteiger partial charge in [0.15, 0.2) is 0 Å². The molecule has 0 aromatic heterocycles. The van der Waals surface area contributed by atoms with E-state index in [1.807, 2.05) is 0 Å². The summed E-state index contributed by atoms with van der Waals surface area (Å²) in [6.07, 6.45) is 0.666. The molecule has 3 N–H and O–H groups in total. The second-order valence-electron chi connectivity index (χ2n) is 4.65. The molecule has 100 valence electrons. The summed E-state index contributed by atoms with van der Waals surface area (Å²) >= 11 is 0. The number of rotatable bonds is 6. The van der Waals surface area contributed by atoms with Gasteiger partial charge in [-0.05, 0) is 37.1 Å². The molecule has 0 radical (unpaired) electrons. The summed E-state index contributed by atoms with van der Waals surface area (Å²) < 4.78 is 18.0. The fraction of sp³-hybridized carbons (Fsp3) is 0.538. The van der Waals surface area contributed by atoms with Crippen molar-refractivity contribution in [3.05, 3.63) is 30.1 Å². The van der Waals surface area contributed by atoms with Crippen LogP contribution in [0.1, 0.15) is 12.8 Å². The first-order valence-corrected chi connectivity index (χ1v) is 6.11. The Bertz CT molecular complexity index is 365. The van der Waals surface area contributed by atoms with Crippen molar-refractivity contribution in [3.8, 4) is 5.75 Å². The van der Waals surface area contributed by atoms with Crippen LogP contribution >= 0.6 is 0 Å². The molecule has 1 saturated carbocycles. The largest absolute Gasteiger partial charge is 0.491 e. The molecule has 4 nitrogen and oxygen atoms in total. The van der Waals surface area contributed by atoms with Crippen LogP contribution in [0.25, 0.3) is 0 Å². The van der Waals surface area contributed by atoms with Gasteiger partial charge in [-0.1, -0.05) is 0 Å². The number of hydrogen-bond donors (Lipinski definition) is 3. The Morgan fingerprint density at radius 3 is 2.61 bits per heavy atom. The Labute approximate surface area is 105 Å². The van der Waals surface area contributed by atoms with Crippen molar-refractivity contribution < 1.29 is 19.3 Å². The summed E-state index contributed by atoms with van der Waals surface area (Å²) in [6.45, 7) is 0.590. The molecular formula is C13H18FNO3. The minimum Gasteiger partial charge on any atom is -0.491 e. The van der Waals surface area contributed by atoms with Gasteiger partial charge >= 0.3 is 0 Å². The number of aliphatic hydroxyl groups is 2. The van der Waals surface area contributed by atoms with E-state index in [2.05, 4.69) is 5.32 Å². The maximum atomic E-state index is 12.6. The molecule has 1 atom stereocenters. The Hall–Kier alpha value is -1.17. The van der Waals surface area contributed by atoms with Crippen molar-refractivity contribution in [2.75, 3.05) is 13.2 Å². The molecule has 1 fully saturated rings. The number of hydrogen-bond acceptors (Lipinski definition) is 4. The molecule has 18 heavy (non-hydrogen) atoms. The molecule has 0 heterocycles. The van der Waals surface area contributed by atoms with Crippen LogP contribution in [0.4, 0.5) is 4.39 Å². The zero-order valence-electron chi connectivity index (χ0n) is 10.1. The Kier molecular flexibility index (Phi) is 4.52. The highest BCUT2D eigenvalue weighted by Gasteiger charge is 2.26. The van der Waals surface area contributed by atoms with Crippen molar-refractivity contribution in [1.82, 2.24) is 5.32 Å². The van der Waals surface area contributed by atoms with E-state index < -0.39 is 6.10 Å². The van der Waals surface area contributed by atoms with Crippen LogP contribution < -0.4 is 10.1 Å². The molecule has 0 aliphatic heterocycles. The highest BCUT2D eigenvalue weighted by molar-refractivity contribution is 5.22. The van der Waals surface area contributed by atoms with E-state index in [9.17, 15) is 9.50 Å². The lowest BCUT2D eigenvalue weighted by molar-refractivity contribution is 0.0487. The zero-order chi connectivity index (χ0) is 13.0. The Morgan fingerprint density at radius 1 is 1.33 bits per heavy atom. The zero-order valence-corrected chi connectivity index (χ0v) is 10.1. The number of ether oxygens (including phenoxy) is 1. The van der Waals surface area contributed by atoms with Crippen LogP contribution in [0.5, 0.6) is 5.75 Å². The minimum absolute atomic E-state index is 0.161. The molecule has 1 unspecified atom stereocenters. The number of aliphatic hydroxyl groups excluding tert-OH is 2. The molecule has 1 aromatic carbocycles. The van der Waals surface area contributed by atoms with E-state index in [1.54, 1.807) is 0 Å². The number of nitrogens with one attached hydrogen (secondary N) is 1. The molecular weight excluding hydrogens is 237 g/mol. The summed E-state index contributed by atoms with van der Waals surface area (Å²) in [5.41, 5.74) is 0. The van der Waals surface area contributed by atoms with Crippen LogP contribution in [0, 0.1) is 5.82 Å². The predicted molar refractivity (Wildman–Crippen MR) is 64.9 cm³/mol. The van der Waals surface area contributed by atoms with Gasteiger partial charge in [0.1, 0.15) is 24.3 Å². The van der Waals surface area contributed by atoms with E-state index in [0.29, 0.717) is 18.3 Å². The lowest BCUT2D eigenvalue weighted by Gasteiger charge is -2.32. The third-order valence-corrected chi connectivity index (χ3v) is 3.01. The first kappa shape index (κ1) is 13.3. The summed E-state index contributed by atoms with van der Waals surface area (Å²) in [5.74, 6) is 0.225. The van der Waals surface area contributed by atoms with Crippen molar-refractivity contribution >= 4 is 0 Å². The van der Waals surface area contributed by atoms with E-state index in [-0.39, 0.29) is 18.5 Å². The van der Waals surface area contributed by atoms with Crippen molar-refractivity contribution in [3.63, 3.8) is 0 Å². The fourth-order valence-electron chi connectivity index (χ4n) is 1.84. The van der Waals surface area contributed by atoms with Gasteiger partial charge in [-0.2, -0.15) is 0 Å². The lowest BCUT2D eigenvalue weighted by Crippen LogP contribution is -2.47. The van der Waals surface area contributed by atoms with E-state index in [4.69, 9.17) is 9.84 Å². The second-order valence-corrected chi connectivity index (χ2v) is 4.65. The maximum Gasteiger partial charge on any atom is 0.123 e. The van der Waals surface area contributed by atoms with Gasteiger partial charge in [0.2, 0.25) is 0 Å². The summed E-state index contributed by atoms with van der Waals surface area (Å²) in [7, 11) is 0. The highest BCUT2D eigenvalue weighted by atomic mass is 19.1. The first-order valence-electron chi connectivity index (χ1n) is 6.11. The predicted octanol–water partition coefficient (Wildman–Crippen LogP) is 0.678. The molecule has 1 aliphatic carbocycles. The standard InChI is InChI=1S/C13H18FNO3/c14-9-1-3-13(4-2-9)18-8-12(17)7-15-10-5-11(16)6-10/h1-4,10-12,15-17H,5-8H2. The van der Waals surface area contributed by atoms with Gasteiger partial charge < -0.3 is 20.3 Å². The highest BCUT2D eigenvalue weighted by Crippen LogP contribution is 2.19.